The molecule has 0 bridgehead atoms. The zero-order valence-electron chi connectivity index (χ0n) is 21.6. The van der Waals surface area contributed by atoms with Gasteiger partial charge < -0.3 is 20.6 Å². The topological polar surface area (TPSA) is 107 Å². The number of carboxylic acid groups (broad SMARTS) is 1. The van der Waals surface area contributed by atoms with E-state index in [1.807, 2.05) is 0 Å². The predicted molar refractivity (Wildman–Crippen MR) is 131 cm³/mol. The predicted octanol–water partition coefficient (Wildman–Crippen LogP) is 4.37. The van der Waals surface area contributed by atoms with E-state index in [4.69, 9.17) is 5.11 Å². The Labute approximate surface area is 205 Å². The molecule has 6 nitrogen and oxygen atoms in total. The molecule has 4 saturated carbocycles. The number of hydrogen-bond acceptors (Lipinski definition) is 4. The quantitative estimate of drug-likeness (QED) is 0.436. The second-order valence-electron chi connectivity index (χ2n) is 13.0. The molecule has 6 unspecified atom stereocenters. The Hall–Kier alpha value is -1.14. The second-order valence-corrected chi connectivity index (χ2v) is 13.0. The Morgan fingerprint density at radius 2 is 1.65 bits per heavy atom. The highest BCUT2D eigenvalue weighted by atomic mass is 16.4. The maximum atomic E-state index is 12.4. The molecule has 1 amide bonds. The molecule has 6 heteroatoms. The molecule has 4 aliphatic carbocycles. The molecule has 0 heterocycles. The zero-order valence-corrected chi connectivity index (χ0v) is 21.6. The highest BCUT2D eigenvalue weighted by Gasteiger charge is 2.62. The number of aliphatic hydroxyl groups excluding tert-OH is 2. The van der Waals surface area contributed by atoms with Gasteiger partial charge in [0.15, 0.2) is 0 Å². The molecule has 0 spiro atoms. The first-order valence-corrected chi connectivity index (χ1v) is 13.8. The number of rotatable bonds is 7. The molecule has 34 heavy (non-hydrogen) atoms. The van der Waals surface area contributed by atoms with Crippen molar-refractivity contribution in [3.05, 3.63) is 0 Å². The fourth-order valence-corrected chi connectivity index (χ4v) is 9.40. The van der Waals surface area contributed by atoms with Crippen LogP contribution in [0.25, 0.3) is 0 Å². The maximum absolute atomic E-state index is 12.4. The SMILES string of the molecule is CC(CC(=O)O)NC(=O)CCC(C)C1CCC2C3C(CC[C@]12C)[C@@]1(C)CC[C@@H](O)C[C@H]1C[C@@H]3O. The molecule has 0 aliphatic heterocycles. The summed E-state index contributed by atoms with van der Waals surface area (Å²) in [7, 11) is 0. The van der Waals surface area contributed by atoms with Crippen molar-refractivity contribution in [3.63, 3.8) is 0 Å². The van der Waals surface area contributed by atoms with Crippen molar-refractivity contribution in [1.29, 1.82) is 0 Å². The van der Waals surface area contributed by atoms with Gasteiger partial charge in [0.05, 0.1) is 18.6 Å². The van der Waals surface area contributed by atoms with Crippen molar-refractivity contribution in [2.45, 2.75) is 117 Å². The number of carboxylic acids is 1. The van der Waals surface area contributed by atoms with Gasteiger partial charge in [0.2, 0.25) is 5.91 Å². The summed E-state index contributed by atoms with van der Waals surface area (Å²) in [5, 5.41) is 33.4. The maximum Gasteiger partial charge on any atom is 0.305 e. The van der Waals surface area contributed by atoms with Gasteiger partial charge in [-0.05, 0) is 111 Å². The third kappa shape index (κ3) is 4.66. The number of carbonyl (C=O) groups excluding carboxylic acids is 1. The molecule has 4 N–H and O–H groups in total. The lowest BCUT2D eigenvalue weighted by Gasteiger charge is -2.62. The average molecular weight is 478 g/mol. The molecular formula is C28H47NO5. The van der Waals surface area contributed by atoms with Crippen molar-refractivity contribution in [2.75, 3.05) is 0 Å². The summed E-state index contributed by atoms with van der Waals surface area (Å²) in [5.41, 5.74) is 0.463. The second kappa shape index (κ2) is 9.72. The van der Waals surface area contributed by atoms with E-state index in [0.717, 1.165) is 32.1 Å². The summed E-state index contributed by atoms with van der Waals surface area (Å²) in [6, 6.07) is -0.345. The highest BCUT2D eigenvalue weighted by molar-refractivity contribution is 5.77. The van der Waals surface area contributed by atoms with Gasteiger partial charge in [-0.3, -0.25) is 9.59 Å². The number of nitrogens with one attached hydrogen (secondary N) is 1. The van der Waals surface area contributed by atoms with Crippen LogP contribution in [0, 0.1) is 46.3 Å². The molecule has 0 aromatic heterocycles. The van der Waals surface area contributed by atoms with Gasteiger partial charge in [-0.25, -0.2) is 0 Å². The molecule has 194 valence electrons. The van der Waals surface area contributed by atoms with Crippen LogP contribution in [0.5, 0.6) is 0 Å². The monoisotopic (exact) mass is 477 g/mol. The van der Waals surface area contributed by atoms with Gasteiger partial charge in [-0.1, -0.05) is 20.8 Å². The Morgan fingerprint density at radius 1 is 0.971 bits per heavy atom. The lowest BCUT2D eigenvalue weighted by molar-refractivity contribution is -0.174. The normalized spacial score (nSPS) is 45.4. The molecule has 4 fully saturated rings. The Morgan fingerprint density at radius 3 is 2.35 bits per heavy atom. The van der Waals surface area contributed by atoms with E-state index in [-0.39, 0.29) is 41.4 Å². The van der Waals surface area contributed by atoms with Crippen LogP contribution in [-0.2, 0) is 9.59 Å². The van der Waals surface area contributed by atoms with E-state index in [0.29, 0.717) is 41.9 Å². The Kier molecular flexibility index (Phi) is 7.42. The molecule has 0 radical (unpaired) electrons. The van der Waals surface area contributed by atoms with Crippen molar-refractivity contribution < 1.29 is 24.9 Å². The summed E-state index contributed by atoms with van der Waals surface area (Å²) in [6.45, 7) is 8.94. The molecular weight excluding hydrogens is 430 g/mol. The van der Waals surface area contributed by atoms with Crippen LogP contribution in [0.15, 0.2) is 0 Å². The van der Waals surface area contributed by atoms with Gasteiger partial charge in [0, 0.05) is 12.5 Å². The Bertz CT molecular complexity index is 772. The minimum Gasteiger partial charge on any atom is -0.481 e. The van der Waals surface area contributed by atoms with Crippen LogP contribution in [0.4, 0.5) is 0 Å². The van der Waals surface area contributed by atoms with Gasteiger partial charge in [0.1, 0.15) is 0 Å². The van der Waals surface area contributed by atoms with Crippen molar-refractivity contribution in [3.8, 4) is 0 Å². The first kappa shape index (κ1) is 25.9. The summed E-state index contributed by atoms with van der Waals surface area (Å²) in [5.74, 6) is 1.96. The van der Waals surface area contributed by atoms with Crippen molar-refractivity contribution >= 4 is 11.9 Å². The fraction of sp³-hybridized carbons (Fsp3) is 0.929. The third-order valence-electron chi connectivity index (χ3n) is 11.1. The number of aliphatic carboxylic acids is 1. The summed E-state index contributed by atoms with van der Waals surface area (Å²) < 4.78 is 0. The molecule has 4 aliphatic rings. The number of hydrogen-bond donors (Lipinski definition) is 4. The molecule has 0 aromatic carbocycles. The van der Waals surface area contributed by atoms with E-state index < -0.39 is 5.97 Å². The van der Waals surface area contributed by atoms with Crippen molar-refractivity contribution in [1.82, 2.24) is 5.32 Å². The number of amides is 1. The summed E-state index contributed by atoms with van der Waals surface area (Å²) >= 11 is 0. The van der Waals surface area contributed by atoms with Gasteiger partial charge in [-0.15, -0.1) is 0 Å². The van der Waals surface area contributed by atoms with Crippen LogP contribution in [-0.4, -0.2) is 45.4 Å². The van der Waals surface area contributed by atoms with Gasteiger partial charge >= 0.3 is 5.97 Å². The van der Waals surface area contributed by atoms with Crippen LogP contribution < -0.4 is 5.32 Å². The van der Waals surface area contributed by atoms with Crippen LogP contribution in [0.1, 0.15) is 98.3 Å². The van der Waals surface area contributed by atoms with Gasteiger partial charge in [0.25, 0.3) is 0 Å². The summed E-state index contributed by atoms with van der Waals surface area (Å²) in [6.07, 6.45) is 9.18. The molecule has 0 saturated heterocycles. The first-order valence-electron chi connectivity index (χ1n) is 13.8. The first-order chi connectivity index (χ1) is 16.0. The van der Waals surface area contributed by atoms with Crippen LogP contribution >= 0.6 is 0 Å². The number of fused-ring (bicyclic) bond motifs is 5. The van der Waals surface area contributed by atoms with Crippen LogP contribution in [0.2, 0.25) is 0 Å². The van der Waals surface area contributed by atoms with Crippen molar-refractivity contribution in [2.24, 2.45) is 46.3 Å². The van der Waals surface area contributed by atoms with E-state index >= 15 is 0 Å². The highest BCUT2D eigenvalue weighted by Crippen LogP contribution is 2.68. The number of carbonyl (C=O) groups is 2. The fourth-order valence-electron chi connectivity index (χ4n) is 9.40. The van der Waals surface area contributed by atoms with Crippen LogP contribution in [0.3, 0.4) is 0 Å². The standard InChI is InChI=1S/C28H47NO5/c1-16(5-8-24(32)29-17(2)13-25(33)34)20-6-7-21-26-22(10-12-28(20,21)4)27(3)11-9-19(30)14-18(27)15-23(26)31/h16-23,26,30-31H,5-15H2,1-4H3,(H,29,32)(H,33,34)/t16?,17?,18-,19+,20?,21?,22?,23-,26?,27-,28+/m0/s1. The van der Waals surface area contributed by atoms with Gasteiger partial charge in [-0.2, -0.15) is 0 Å². The lowest BCUT2D eigenvalue weighted by Crippen LogP contribution is -2.58. The molecule has 0 aromatic rings. The number of aliphatic hydroxyl groups is 2. The summed E-state index contributed by atoms with van der Waals surface area (Å²) in [4.78, 5) is 23.2. The Balaban J connectivity index is 1.40. The van der Waals surface area contributed by atoms with E-state index in [2.05, 4.69) is 26.1 Å². The van der Waals surface area contributed by atoms with E-state index in [1.54, 1.807) is 6.92 Å². The largest absolute Gasteiger partial charge is 0.481 e. The minimum atomic E-state index is -0.892. The average Bonchev–Trinajstić information content (AvgIpc) is 3.10. The minimum absolute atomic E-state index is 0.0483. The molecule has 11 atom stereocenters. The third-order valence-corrected chi connectivity index (χ3v) is 11.1. The molecule has 4 rings (SSSR count). The lowest BCUT2D eigenvalue weighted by atomic mass is 9.43. The smallest absolute Gasteiger partial charge is 0.305 e. The van der Waals surface area contributed by atoms with E-state index in [9.17, 15) is 19.8 Å². The zero-order chi connectivity index (χ0) is 24.8. The van der Waals surface area contributed by atoms with E-state index in [1.165, 1.54) is 25.7 Å².